The Morgan fingerprint density at radius 2 is 1.65 bits per heavy atom. The van der Waals surface area contributed by atoms with Crippen molar-refractivity contribution < 1.29 is 35.9 Å². The third-order valence-electron chi connectivity index (χ3n) is 7.50. The van der Waals surface area contributed by atoms with E-state index in [4.69, 9.17) is 4.74 Å². The van der Waals surface area contributed by atoms with E-state index in [2.05, 4.69) is 10.3 Å². The number of rotatable bonds is 8. The molecule has 0 spiro atoms. The van der Waals surface area contributed by atoms with E-state index in [9.17, 15) is 35.9 Å². The van der Waals surface area contributed by atoms with Crippen molar-refractivity contribution in [3.05, 3.63) is 93.7 Å². The molecule has 3 aromatic rings. The van der Waals surface area contributed by atoms with Crippen molar-refractivity contribution in [3.8, 4) is 0 Å². The molecule has 0 aliphatic carbocycles. The zero-order chi connectivity index (χ0) is 29.3. The highest BCUT2D eigenvalue weighted by Gasteiger charge is 2.46. The molecule has 0 radical (unpaired) electrons. The van der Waals surface area contributed by atoms with Gasteiger partial charge >= 0.3 is 18.0 Å². The fraction of sp³-hybridized carbons (Fsp3) is 0.429. The van der Waals surface area contributed by atoms with Crippen LogP contribution in [0.4, 0.5) is 26.3 Å². The van der Waals surface area contributed by atoms with E-state index in [1.54, 1.807) is 18.3 Å². The molecule has 0 unspecified atom stereocenters. The van der Waals surface area contributed by atoms with Gasteiger partial charge in [0.15, 0.2) is 0 Å². The molecule has 1 saturated heterocycles. The summed E-state index contributed by atoms with van der Waals surface area (Å²) >= 11 is 0. The van der Waals surface area contributed by atoms with Gasteiger partial charge in [0.2, 0.25) is 0 Å². The van der Waals surface area contributed by atoms with Crippen LogP contribution in [0.15, 0.2) is 65.7 Å². The molecule has 3 atom stereocenters. The Hall–Kier alpha value is -3.38. The number of aromatic nitrogens is 2. The first kappa shape index (κ1) is 29.6. The van der Waals surface area contributed by atoms with E-state index in [-0.39, 0.29) is 42.7 Å². The van der Waals surface area contributed by atoms with Crippen LogP contribution < -0.4 is 11.0 Å². The van der Waals surface area contributed by atoms with E-state index >= 15 is 0 Å². The number of piperidine rings is 1. The molecule has 2 heterocycles. The maximum atomic E-state index is 13.4. The molecule has 0 bridgehead atoms. The maximum Gasteiger partial charge on any atom is 0.416 e. The summed E-state index contributed by atoms with van der Waals surface area (Å²) < 4.78 is 87.9. The summed E-state index contributed by atoms with van der Waals surface area (Å²) in [5, 5.41) is 3.43. The molecule has 1 fully saturated rings. The molecule has 6 nitrogen and oxygen atoms in total. The molecule has 1 aliphatic heterocycles. The van der Waals surface area contributed by atoms with Crippen molar-refractivity contribution in [3.63, 3.8) is 0 Å². The molecule has 40 heavy (non-hydrogen) atoms. The van der Waals surface area contributed by atoms with Gasteiger partial charge in [0.05, 0.1) is 34.9 Å². The Morgan fingerprint density at radius 3 is 2.12 bits per heavy atom. The maximum absolute atomic E-state index is 13.4. The number of benzene rings is 2. The van der Waals surface area contributed by atoms with E-state index in [0.29, 0.717) is 25.0 Å². The molecule has 12 heteroatoms. The molecule has 0 saturated carbocycles. The number of hydrogen-bond acceptors (Lipinski definition) is 4. The van der Waals surface area contributed by atoms with Crippen molar-refractivity contribution in [2.45, 2.75) is 62.6 Å². The van der Waals surface area contributed by atoms with Gasteiger partial charge in [-0.1, -0.05) is 30.3 Å². The first-order valence-corrected chi connectivity index (χ1v) is 12.6. The average molecular weight is 570 g/mol. The summed E-state index contributed by atoms with van der Waals surface area (Å²) in [6.07, 6.45) is -7.15. The number of carbonyl (C=O) groups excluding carboxylic acids is 1. The van der Waals surface area contributed by atoms with Crippen LogP contribution in [0.3, 0.4) is 0 Å². The number of carbonyl (C=O) groups is 1. The van der Waals surface area contributed by atoms with Gasteiger partial charge in [-0.05, 0) is 56.0 Å². The van der Waals surface area contributed by atoms with Gasteiger partial charge in [0, 0.05) is 25.4 Å². The third-order valence-corrected chi connectivity index (χ3v) is 7.50. The fourth-order valence-corrected chi connectivity index (χ4v) is 5.34. The molecular weight excluding hydrogens is 540 g/mol. The highest BCUT2D eigenvalue weighted by atomic mass is 19.4. The van der Waals surface area contributed by atoms with Gasteiger partial charge in [-0.3, -0.25) is 9.36 Å². The Bertz CT molecular complexity index is 1350. The first-order valence-electron chi connectivity index (χ1n) is 12.6. The number of nitrogens with zero attached hydrogens (tertiary/aromatic N) is 1. The van der Waals surface area contributed by atoms with Gasteiger partial charge in [-0.15, -0.1) is 0 Å². The lowest BCUT2D eigenvalue weighted by molar-refractivity contribution is -0.143. The predicted octanol–water partition coefficient (Wildman–Crippen LogP) is 5.95. The standard InChI is InChI=1S/C28H29F6N3O3/c1-18(38)15-25(37-11-10-35-24(37)39)8-9-26(36-16-25,21-6-4-3-5-7-21)17-40-19(2)20-12-22(27(29,30)31)14-23(13-20)28(32,33)34/h3-7,10-14,19,36H,8-9,15-17H2,1-2H3,(H,35,39)/t19-,25-,26-/m1/s1. The summed E-state index contributed by atoms with van der Waals surface area (Å²) in [5.41, 5.74) is -4.41. The first-order chi connectivity index (χ1) is 18.7. The lowest BCUT2D eigenvalue weighted by Gasteiger charge is -2.48. The van der Waals surface area contributed by atoms with Crippen LogP contribution in [-0.2, 0) is 33.0 Å². The van der Waals surface area contributed by atoms with Gasteiger partial charge < -0.3 is 15.0 Å². The Kier molecular flexibility index (Phi) is 8.06. The number of ether oxygens (including phenoxy) is 1. The molecule has 2 N–H and O–H groups in total. The smallest absolute Gasteiger partial charge is 0.372 e. The van der Waals surface area contributed by atoms with Crippen molar-refractivity contribution in [2.75, 3.05) is 13.2 Å². The van der Waals surface area contributed by atoms with E-state index < -0.39 is 40.7 Å². The minimum atomic E-state index is -4.97. The van der Waals surface area contributed by atoms with Crippen molar-refractivity contribution >= 4 is 5.78 Å². The lowest BCUT2D eigenvalue weighted by atomic mass is 9.74. The molecular formula is C28H29F6N3O3. The van der Waals surface area contributed by atoms with E-state index in [1.807, 2.05) is 18.2 Å². The van der Waals surface area contributed by atoms with Gasteiger partial charge in [-0.2, -0.15) is 26.3 Å². The highest BCUT2D eigenvalue weighted by Crippen LogP contribution is 2.41. The molecule has 0 amide bonds. The van der Waals surface area contributed by atoms with E-state index in [1.165, 1.54) is 24.6 Å². The number of H-pyrrole nitrogens is 1. The van der Waals surface area contributed by atoms with Crippen LogP contribution in [0.25, 0.3) is 0 Å². The number of nitrogens with one attached hydrogen (secondary N) is 2. The van der Waals surface area contributed by atoms with Crippen molar-refractivity contribution in [1.82, 2.24) is 14.9 Å². The molecule has 1 aliphatic rings. The quantitative estimate of drug-likeness (QED) is 0.329. The SMILES string of the molecule is CC(=O)C[C@]1(n2cc[nH]c2=O)CC[C@@](CO[C@H](C)c2cc(C(F)(F)F)cc(C(F)(F)F)c2)(c2ccccc2)NC1. The lowest BCUT2D eigenvalue weighted by Crippen LogP contribution is -2.60. The van der Waals surface area contributed by atoms with Crippen molar-refractivity contribution in [2.24, 2.45) is 0 Å². The summed E-state index contributed by atoms with van der Waals surface area (Å²) in [6.45, 7) is 2.94. The number of aromatic amines is 1. The molecule has 2 aromatic carbocycles. The Balaban J connectivity index is 1.64. The topological polar surface area (TPSA) is 76.1 Å². The van der Waals surface area contributed by atoms with Crippen LogP contribution >= 0.6 is 0 Å². The van der Waals surface area contributed by atoms with Crippen molar-refractivity contribution in [1.29, 1.82) is 0 Å². The second kappa shape index (κ2) is 10.9. The van der Waals surface area contributed by atoms with E-state index in [0.717, 1.165) is 5.56 Å². The zero-order valence-electron chi connectivity index (χ0n) is 21.8. The summed E-state index contributed by atoms with van der Waals surface area (Å²) in [6, 6.07) is 10.5. The number of imidazole rings is 1. The second-order valence-electron chi connectivity index (χ2n) is 10.3. The molecule has 1 aromatic heterocycles. The highest BCUT2D eigenvalue weighted by molar-refractivity contribution is 5.76. The summed E-state index contributed by atoms with van der Waals surface area (Å²) in [7, 11) is 0. The summed E-state index contributed by atoms with van der Waals surface area (Å²) in [4.78, 5) is 27.3. The van der Waals surface area contributed by atoms with Gasteiger partial charge in [0.1, 0.15) is 5.78 Å². The third kappa shape index (κ3) is 6.17. The average Bonchev–Trinajstić information content (AvgIpc) is 3.33. The minimum Gasteiger partial charge on any atom is -0.372 e. The Morgan fingerprint density at radius 1 is 1.02 bits per heavy atom. The van der Waals surface area contributed by atoms with Crippen LogP contribution in [0.5, 0.6) is 0 Å². The van der Waals surface area contributed by atoms with Crippen LogP contribution in [-0.4, -0.2) is 28.5 Å². The van der Waals surface area contributed by atoms with Gasteiger partial charge in [-0.25, -0.2) is 4.79 Å². The minimum absolute atomic E-state index is 0.0852. The van der Waals surface area contributed by atoms with Crippen LogP contribution in [0.2, 0.25) is 0 Å². The van der Waals surface area contributed by atoms with Crippen LogP contribution in [0, 0.1) is 0 Å². The second-order valence-corrected chi connectivity index (χ2v) is 10.3. The number of hydrogen-bond donors (Lipinski definition) is 2. The number of Topliss-reactive ketones (excluding diaryl/α,β-unsaturated/α-hetero) is 1. The van der Waals surface area contributed by atoms with Crippen LogP contribution in [0.1, 0.15) is 61.5 Å². The Labute approximate surface area is 226 Å². The summed E-state index contributed by atoms with van der Waals surface area (Å²) in [5.74, 6) is -0.114. The number of alkyl halides is 6. The molecule has 216 valence electrons. The molecule has 4 rings (SSSR count). The van der Waals surface area contributed by atoms with Gasteiger partial charge in [0.25, 0.3) is 0 Å². The fourth-order valence-electron chi connectivity index (χ4n) is 5.34. The normalized spacial score (nSPS) is 22.7. The zero-order valence-corrected chi connectivity index (χ0v) is 21.8. The monoisotopic (exact) mass is 569 g/mol. The predicted molar refractivity (Wildman–Crippen MR) is 134 cm³/mol. The largest absolute Gasteiger partial charge is 0.416 e. The number of ketones is 1. The number of halogens is 6.